The fourth-order valence-electron chi connectivity index (χ4n) is 1.65. The highest BCUT2D eigenvalue weighted by Gasteiger charge is 2.19. The van der Waals surface area contributed by atoms with Crippen molar-refractivity contribution in [2.75, 3.05) is 18.6 Å². The second-order valence-electron chi connectivity index (χ2n) is 3.98. The lowest BCUT2D eigenvalue weighted by atomic mass is 10.0. The van der Waals surface area contributed by atoms with Gasteiger partial charge in [-0.3, -0.25) is 4.79 Å². The van der Waals surface area contributed by atoms with Gasteiger partial charge in [0.15, 0.2) is 0 Å². The molecule has 0 bridgehead atoms. The molecule has 0 radical (unpaired) electrons. The summed E-state index contributed by atoms with van der Waals surface area (Å²) in [5, 5.41) is 0. The molecule has 0 aromatic heterocycles. The summed E-state index contributed by atoms with van der Waals surface area (Å²) in [6, 6.07) is 10.1. The Hall–Kier alpha value is -0.960. The van der Waals surface area contributed by atoms with Gasteiger partial charge in [0.1, 0.15) is 0 Å². The largest absolute Gasteiger partial charge is 0.469 e. The Morgan fingerprint density at radius 1 is 1.35 bits per heavy atom. The van der Waals surface area contributed by atoms with Crippen LogP contribution in [0.3, 0.4) is 0 Å². The summed E-state index contributed by atoms with van der Waals surface area (Å²) < 4.78 is 4.86. The average Bonchev–Trinajstić information content (AvgIpc) is 2.38. The van der Waals surface area contributed by atoms with E-state index in [0.717, 1.165) is 24.3 Å². The second kappa shape index (κ2) is 8.18. The van der Waals surface area contributed by atoms with Crippen molar-refractivity contribution in [2.24, 2.45) is 5.92 Å². The van der Waals surface area contributed by atoms with Gasteiger partial charge in [0, 0.05) is 5.75 Å². The van der Waals surface area contributed by atoms with Crippen LogP contribution < -0.4 is 0 Å². The van der Waals surface area contributed by atoms with Crippen LogP contribution in [0.5, 0.6) is 0 Å². The van der Waals surface area contributed by atoms with E-state index < -0.39 is 0 Å². The van der Waals surface area contributed by atoms with Crippen molar-refractivity contribution in [3.05, 3.63) is 35.9 Å². The molecule has 0 aliphatic rings. The van der Waals surface area contributed by atoms with Gasteiger partial charge in [-0.15, -0.1) is 0 Å². The maximum Gasteiger partial charge on any atom is 0.309 e. The van der Waals surface area contributed by atoms with Crippen molar-refractivity contribution < 1.29 is 9.53 Å². The zero-order chi connectivity index (χ0) is 12.5. The number of ether oxygens (including phenoxy) is 1. The molecule has 0 spiro atoms. The van der Waals surface area contributed by atoms with Crippen LogP contribution in [-0.4, -0.2) is 24.6 Å². The van der Waals surface area contributed by atoms with Crippen molar-refractivity contribution in [1.29, 1.82) is 0 Å². The summed E-state index contributed by atoms with van der Waals surface area (Å²) in [5.41, 5.74) is 1.19. The number of carbonyl (C=O) groups excluding carboxylic acids is 1. The highest BCUT2D eigenvalue weighted by molar-refractivity contribution is 7.99. The minimum Gasteiger partial charge on any atom is -0.469 e. The third-order valence-electron chi connectivity index (χ3n) is 2.53. The number of thioether (sulfide) groups is 1. The minimum absolute atomic E-state index is 0.0288. The van der Waals surface area contributed by atoms with Crippen molar-refractivity contribution in [2.45, 2.75) is 19.8 Å². The van der Waals surface area contributed by atoms with Gasteiger partial charge in [0.05, 0.1) is 13.0 Å². The van der Waals surface area contributed by atoms with Crippen LogP contribution in [0, 0.1) is 5.92 Å². The maximum atomic E-state index is 11.7. The van der Waals surface area contributed by atoms with Crippen molar-refractivity contribution >= 4 is 17.7 Å². The molecule has 0 aliphatic heterocycles. The van der Waals surface area contributed by atoms with E-state index in [1.807, 2.05) is 30.0 Å². The molecule has 0 unspecified atom stereocenters. The lowest BCUT2D eigenvalue weighted by molar-refractivity contribution is -0.144. The molecule has 0 aliphatic carbocycles. The summed E-state index contributed by atoms with van der Waals surface area (Å²) >= 11 is 1.82. The predicted octanol–water partition coefficient (Wildman–Crippen LogP) is 3.16. The van der Waals surface area contributed by atoms with Crippen LogP contribution in [0.2, 0.25) is 0 Å². The van der Waals surface area contributed by atoms with E-state index in [2.05, 4.69) is 19.1 Å². The Balaban J connectivity index is 2.54. The van der Waals surface area contributed by atoms with Gasteiger partial charge >= 0.3 is 5.97 Å². The molecule has 0 fully saturated rings. The monoisotopic (exact) mass is 252 g/mol. The first-order valence-electron chi connectivity index (χ1n) is 5.97. The molecule has 0 saturated carbocycles. The van der Waals surface area contributed by atoms with Crippen LogP contribution in [0.4, 0.5) is 0 Å². The zero-order valence-electron chi connectivity index (χ0n) is 10.5. The van der Waals surface area contributed by atoms with Crippen LogP contribution >= 0.6 is 11.8 Å². The van der Waals surface area contributed by atoms with Gasteiger partial charge in [-0.05, 0) is 24.2 Å². The summed E-state index contributed by atoms with van der Waals surface area (Å²) in [6.07, 6.45) is 1.91. The Kier molecular flexibility index (Phi) is 6.78. The molecule has 1 aromatic rings. The molecular formula is C14H20O2S. The Bertz CT molecular complexity index is 324. The molecule has 1 rings (SSSR count). The Morgan fingerprint density at radius 2 is 2.06 bits per heavy atom. The zero-order valence-corrected chi connectivity index (χ0v) is 11.3. The molecule has 3 heteroatoms. The van der Waals surface area contributed by atoms with Gasteiger partial charge in [0.25, 0.3) is 0 Å². The fraction of sp³-hybridized carbons (Fsp3) is 0.500. The summed E-state index contributed by atoms with van der Waals surface area (Å²) in [7, 11) is 1.46. The highest BCUT2D eigenvalue weighted by Crippen LogP contribution is 2.16. The number of methoxy groups -OCH3 is 1. The first-order chi connectivity index (χ1) is 8.27. The van der Waals surface area contributed by atoms with E-state index >= 15 is 0 Å². The van der Waals surface area contributed by atoms with Crippen molar-refractivity contribution in [1.82, 2.24) is 0 Å². The van der Waals surface area contributed by atoms with Gasteiger partial charge in [-0.25, -0.2) is 0 Å². The van der Waals surface area contributed by atoms with Crippen LogP contribution in [0.15, 0.2) is 30.3 Å². The first-order valence-corrected chi connectivity index (χ1v) is 7.13. The molecule has 1 atom stereocenters. The molecule has 0 heterocycles. The lowest BCUT2D eigenvalue weighted by Gasteiger charge is -2.14. The van der Waals surface area contributed by atoms with E-state index in [9.17, 15) is 4.79 Å². The molecular weight excluding hydrogens is 232 g/mol. The summed E-state index contributed by atoms with van der Waals surface area (Å²) in [5.74, 6) is 1.81. The van der Waals surface area contributed by atoms with Gasteiger partial charge in [-0.2, -0.15) is 11.8 Å². The molecule has 2 nitrogen and oxygen atoms in total. The number of esters is 1. The number of hydrogen-bond acceptors (Lipinski definition) is 3. The average molecular weight is 252 g/mol. The number of rotatable bonds is 7. The summed E-state index contributed by atoms with van der Waals surface area (Å²) in [4.78, 5) is 11.7. The molecule has 0 saturated heterocycles. The smallest absolute Gasteiger partial charge is 0.309 e. The molecule has 94 valence electrons. The van der Waals surface area contributed by atoms with Gasteiger partial charge in [-0.1, -0.05) is 37.3 Å². The molecule has 1 aromatic carbocycles. The topological polar surface area (TPSA) is 26.3 Å². The van der Waals surface area contributed by atoms with Crippen LogP contribution in [0.1, 0.15) is 18.9 Å². The van der Waals surface area contributed by atoms with Gasteiger partial charge in [0.2, 0.25) is 0 Å². The highest BCUT2D eigenvalue weighted by atomic mass is 32.2. The van der Waals surface area contributed by atoms with E-state index in [0.29, 0.717) is 0 Å². The van der Waals surface area contributed by atoms with E-state index in [-0.39, 0.29) is 11.9 Å². The standard InChI is InChI=1S/C14H20O2S/c1-3-9-17-11-13(14(15)16-2)10-12-7-5-4-6-8-12/h4-8,13H,3,9-11H2,1-2H3/t13-/m0/s1. The van der Waals surface area contributed by atoms with E-state index in [4.69, 9.17) is 4.74 Å². The number of benzene rings is 1. The number of carbonyl (C=O) groups is 1. The van der Waals surface area contributed by atoms with E-state index in [1.54, 1.807) is 0 Å². The van der Waals surface area contributed by atoms with Crippen molar-refractivity contribution in [3.63, 3.8) is 0 Å². The lowest BCUT2D eigenvalue weighted by Crippen LogP contribution is -2.21. The maximum absolute atomic E-state index is 11.7. The normalized spacial score (nSPS) is 12.1. The Morgan fingerprint density at radius 3 is 2.65 bits per heavy atom. The summed E-state index contributed by atoms with van der Waals surface area (Å²) in [6.45, 7) is 2.15. The Labute approximate surface area is 108 Å². The molecule has 17 heavy (non-hydrogen) atoms. The third kappa shape index (κ3) is 5.26. The third-order valence-corrected chi connectivity index (χ3v) is 3.86. The van der Waals surface area contributed by atoms with E-state index in [1.165, 1.54) is 12.7 Å². The van der Waals surface area contributed by atoms with Crippen LogP contribution in [-0.2, 0) is 16.0 Å². The second-order valence-corrected chi connectivity index (χ2v) is 5.13. The first kappa shape index (κ1) is 14.1. The van der Waals surface area contributed by atoms with Crippen LogP contribution in [0.25, 0.3) is 0 Å². The quantitative estimate of drug-likeness (QED) is 0.551. The molecule has 0 N–H and O–H groups in total. The predicted molar refractivity (Wildman–Crippen MR) is 73.3 cm³/mol. The van der Waals surface area contributed by atoms with Gasteiger partial charge < -0.3 is 4.74 Å². The minimum atomic E-state index is -0.0996. The SMILES string of the molecule is CCCSC[C@H](Cc1ccccc1)C(=O)OC. The fourth-order valence-corrected chi connectivity index (χ4v) is 2.64. The van der Waals surface area contributed by atoms with Crippen molar-refractivity contribution in [3.8, 4) is 0 Å². The number of hydrogen-bond donors (Lipinski definition) is 0. The molecule has 0 amide bonds.